The zero-order valence-electron chi connectivity index (χ0n) is 16.7. The Balaban J connectivity index is 0.00000338. The summed E-state index contributed by atoms with van der Waals surface area (Å²) in [4.78, 5) is 0. The predicted octanol–water partition coefficient (Wildman–Crippen LogP) is 3.82. The van der Waals surface area contributed by atoms with Gasteiger partial charge in [0, 0.05) is 0 Å². The van der Waals surface area contributed by atoms with E-state index in [4.69, 9.17) is 0 Å². The van der Waals surface area contributed by atoms with E-state index in [1.165, 1.54) is 63.7 Å². The quantitative estimate of drug-likeness (QED) is 0.245. The topological polar surface area (TPSA) is 0 Å². The summed E-state index contributed by atoms with van der Waals surface area (Å²) >= 11 is 0. The molecule has 2 aromatic carbocycles. The molecule has 0 aromatic heterocycles. The van der Waals surface area contributed by atoms with E-state index in [1.807, 2.05) is 0 Å². The van der Waals surface area contributed by atoms with Crippen molar-refractivity contribution in [1.29, 1.82) is 0 Å². The second kappa shape index (κ2) is 13.7. The molecule has 0 spiro atoms. The fourth-order valence-electron chi connectivity index (χ4n) is 3.82. The average molecular weight is 482 g/mol. The van der Waals surface area contributed by atoms with Crippen LogP contribution < -0.4 is 34.6 Å². The van der Waals surface area contributed by atoms with Crippen molar-refractivity contribution in [2.75, 3.05) is 12.3 Å². The van der Waals surface area contributed by atoms with E-state index in [-0.39, 0.29) is 24.0 Å². The fraction of sp³-hybridized carbons (Fsp3) is 0.500. The zero-order valence-corrected chi connectivity index (χ0v) is 19.7. The van der Waals surface area contributed by atoms with E-state index in [0.717, 1.165) is 0 Å². The van der Waals surface area contributed by atoms with Gasteiger partial charge in [-0.25, -0.2) is 0 Å². The predicted molar refractivity (Wildman–Crippen MR) is 117 cm³/mol. The summed E-state index contributed by atoms with van der Waals surface area (Å²) in [5, 5.41) is 3.24. The normalized spacial score (nSPS) is 11.2. The molecule has 26 heavy (non-hydrogen) atoms. The van der Waals surface area contributed by atoms with Gasteiger partial charge in [0.1, 0.15) is 0 Å². The third kappa shape index (κ3) is 6.97. The molecule has 0 radical (unpaired) electrons. The van der Waals surface area contributed by atoms with Crippen LogP contribution in [0.15, 0.2) is 60.7 Å². The number of hydrogen-bond donors (Lipinski definition) is 0. The first-order chi connectivity index (χ1) is 12.3. The molecule has 0 amide bonds. The minimum absolute atomic E-state index is 0. The van der Waals surface area contributed by atoms with Crippen LogP contribution in [0.3, 0.4) is 0 Å². The van der Waals surface area contributed by atoms with Crippen molar-refractivity contribution < 1.29 is 24.0 Å². The summed E-state index contributed by atoms with van der Waals surface area (Å²) in [5.41, 5.74) is 0. The van der Waals surface area contributed by atoms with Gasteiger partial charge in [-0.3, -0.25) is 0 Å². The van der Waals surface area contributed by atoms with E-state index in [0.29, 0.717) is 0 Å². The molecule has 144 valence electrons. The lowest BCUT2D eigenvalue weighted by Crippen LogP contribution is -3.00. The Morgan fingerprint density at radius 1 is 0.538 bits per heavy atom. The third-order valence-corrected chi connectivity index (χ3v) is 10.0. The van der Waals surface area contributed by atoms with Crippen LogP contribution in [-0.4, -0.2) is 12.3 Å². The summed E-state index contributed by atoms with van der Waals surface area (Å²) in [6.45, 7) is 4.61. The van der Waals surface area contributed by atoms with Crippen LogP contribution in [0.4, 0.5) is 0 Å². The standard InChI is InChI=1S/C24H36P.HI/c1-3-5-7-15-21-25(22-16-8-6-4-2,23-17-11-9-12-18-23)24-19-13-10-14-20-24;/h9-14,17-20H,3-8,15-16,21-22H2,1-2H3;1H/q+1;/p-1. The molecule has 0 nitrogen and oxygen atoms in total. The van der Waals surface area contributed by atoms with E-state index < -0.39 is 7.26 Å². The number of hydrogen-bond acceptors (Lipinski definition) is 0. The lowest BCUT2D eigenvalue weighted by atomic mass is 10.2. The van der Waals surface area contributed by atoms with E-state index in [2.05, 4.69) is 74.5 Å². The molecule has 2 rings (SSSR count). The summed E-state index contributed by atoms with van der Waals surface area (Å²) in [6, 6.07) is 22.9. The van der Waals surface area contributed by atoms with Gasteiger partial charge in [0.15, 0.2) is 0 Å². The van der Waals surface area contributed by atoms with E-state index in [1.54, 1.807) is 10.6 Å². The molecule has 0 fully saturated rings. The van der Waals surface area contributed by atoms with Crippen LogP contribution in [0, 0.1) is 0 Å². The fourth-order valence-corrected chi connectivity index (χ4v) is 8.39. The second-order valence-electron chi connectivity index (χ2n) is 7.21. The van der Waals surface area contributed by atoms with Crippen molar-refractivity contribution in [3.05, 3.63) is 60.7 Å². The largest absolute Gasteiger partial charge is 1.00 e. The van der Waals surface area contributed by atoms with Gasteiger partial charge >= 0.3 is 0 Å². The third-order valence-electron chi connectivity index (χ3n) is 5.29. The van der Waals surface area contributed by atoms with Crippen LogP contribution in [0.2, 0.25) is 0 Å². The Kier molecular flexibility index (Phi) is 12.5. The molecular formula is C24H36IP. The highest BCUT2D eigenvalue weighted by Crippen LogP contribution is 2.57. The van der Waals surface area contributed by atoms with Crippen molar-refractivity contribution in [1.82, 2.24) is 0 Å². The summed E-state index contributed by atoms with van der Waals surface area (Å²) in [6.07, 6.45) is 13.7. The second-order valence-corrected chi connectivity index (χ2v) is 11.1. The maximum absolute atomic E-state index is 2.40. The minimum atomic E-state index is -1.28. The van der Waals surface area contributed by atoms with Crippen molar-refractivity contribution in [3.63, 3.8) is 0 Å². The monoisotopic (exact) mass is 482 g/mol. The van der Waals surface area contributed by atoms with E-state index in [9.17, 15) is 0 Å². The van der Waals surface area contributed by atoms with Gasteiger partial charge in [0.2, 0.25) is 0 Å². The van der Waals surface area contributed by atoms with Crippen LogP contribution in [0.5, 0.6) is 0 Å². The van der Waals surface area contributed by atoms with Crippen LogP contribution >= 0.6 is 7.26 Å². The van der Waals surface area contributed by atoms with Crippen molar-refractivity contribution in [2.24, 2.45) is 0 Å². The van der Waals surface area contributed by atoms with Crippen molar-refractivity contribution in [2.45, 2.75) is 65.2 Å². The molecule has 0 N–H and O–H groups in total. The minimum Gasteiger partial charge on any atom is -1.00 e. The number of halogens is 1. The number of unbranched alkanes of at least 4 members (excludes halogenated alkanes) is 6. The Labute approximate surface area is 179 Å². The molecule has 0 bridgehead atoms. The van der Waals surface area contributed by atoms with Crippen molar-refractivity contribution >= 4 is 17.9 Å². The van der Waals surface area contributed by atoms with Gasteiger partial charge in [-0.1, -0.05) is 75.9 Å². The highest BCUT2D eigenvalue weighted by Gasteiger charge is 2.41. The molecule has 2 aromatic rings. The molecule has 2 heteroatoms. The highest BCUT2D eigenvalue weighted by atomic mass is 127. The Bertz CT molecular complexity index is 514. The SMILES string of the molecule is CCCCCC[P+](CCCCCC)(c1ccccc1)c1ccccc1.[I-]. The average Bonchev–Trinajstić information content (AvgIpc) is 2.68. The first-order valence-corrected chi connectivity index (χ1v) is 12.5. The number of rotatable bonds is 12. The van der Waals surface area contributed by atoms with Gasteiger partial charge < -0.3 is 24.0 Å². The lowest BCUT2D eigenvalue weighted by Gasteiger charge is -2.28. The zero-order chi connectivity index (χ0) is 17.8. The molecule has 0 aliphatic carbocycles. The molecule has 0 aliphatic rings. The van der Waals surface area contributed by atoms with Gasteiger partial charge in [0.05, 0.1) is 30.2 Å². The molecular weight excluding hydrogens is 446 g/mol. The molecule has 0 atom stereocenters. The molecule has 0 unspecified atom stereocenters. The lowest BCUT2D eigenvalue weighted by molar-refractivity contribution is -0.00000525. The Morgan fingerprint density at radius 2 is 0.923 bits per heavy atom. The molecule has 0 saturated heterocycles. The van der Waals surface area contributed by atoms with Gasteiger partial charge in [-0.15, -0.1) is 0 Å². The van der Waals surface area contributed by atoms with Gasteiger partial charge in [0.25, 0.3) is 0 Å². The van der Waals surface area contributed by atoms with E-state index >= 15 is 0 Å². The summed E-state index contributed by atoms with van der Waals surface area (Å²) in [7, 11) is -1.28. The Morgan fingerprint density at radius 3 is 1.27 bits per heavy atom. The summed E-state index contributed by atoms with van der Waals surface area (Å²) in [5.74, 6) is 0. The van der Waals surface area contributed by atoms with Crippen molar-refractivity contribution in [3.8, 4) is 0 Å². The first kappa shape index (κ1) is 23.6. The van der Waals surface area contributed by atoms with Crippen LogP contribution in [0.25, 0.3) is 0 Å². The van der Waals surface area contributed by atoms with Gasteiger partial charge in [-0.2, -0.15) is 0 Å². The summed E-state index contributed by atoms with van der Waals surface area (Å²) < 4.78 is 0. The van der Waals surface area contributed by atoms with Crippen LogP contribution in [-0.2, 0) is 0 Å². The smallest absolute Gasteiger partial charge is 0.0991 e. The molecule has 0 aliphatic heterocycles. The molecule has 0 saturated carbocycles. The maximum atomic E-state index is 2.40. The molecule has 0 heterocycles. The van der Waals surface area contributed by atoms with Crippen LogP contribution in [0.1, 0.15) is 65.2 Å². The highest BCUT2D eigenvalue weighted by molar-refractivity contribution is 7.89. The van der Waals surface area contributed by atoms with Gasteiger partial charge in [-0.05, 0) is 49.9 Å². The Hall–Kier alpha value is -0.400. The maximum Gasteiger partial charge on any atom is 0.0991 e. The number of benzene rings is 2. The first-order valence-electron chi connectivity index (χ1n) is 10.3.